The first-order valence-corrected chi connectivity index (χ1v) is 9.51. The van der Waals surface area contributed by atoms with Gasteiger partial charge in [0, 0.05) is 24.1 Å². The van der Waals surface area contributed by atoms with E-state index in [1.807, 2.05) is 24.3 Å². The molecule has 1 aromatic rings. The van der Waals surface area contributed by atoms with Gasteiger partial charge in [0.05, 0.1) is 19.0 Å². The Balaban J connectivity index is 1.69. The van der Waals surface area contributed by atoms with Crippen LogP contribution in [0, 0.1) is 0 Å². The molecule has 0 amide bonds. The predicted octanol–water partition coefficient (Wildman–Crippen LogP) is 1.59. The number of halogens is 1. The van der Waals surface area contributed by atoms with Gasteiger partial charge in [-0.3, -0.25) is 4.90 Å². The van der Waals surface area contributed by atoms with Crippen LogP contribution in [-0.4, -0.2) is 52.7 Å². The van der Waals surface area contributed by atoms with Gasteiger partial charge in [-0.15, -0.1) is 0 Å². The highest BCUT2D eigenvalue weighted by atomic mass is 79.9. The second-order valence-electron chi connectivity index (χ2n) is 5.09. The maximum Gasteiger partial charge on any atom is 0.215 e. The molecule has 5 nitrogen and oxygen atoms in total. The van der Waals surface area contributed by atoms with Gasteiger partial charge in [-0.2, -0.15) is 0 Å². The van der Waals surface area contributed by atoms with Crippen molar-refractivity contribution in [2.75, 3.05) is 39.4 Å². The molecule has 1 heterocycles. The number of ether oxygens (including phenoxy) is 1. The van der Waals surface area contributed by atoms with E-state index in [-0.39, 0.29) is 5.75 Å². The van der Waals surface area contributed by atoms with E-state index in [0.717, 1.165) is 49.3 Å². The van der Waals surface area contributed by atoms with E-state index in [1.165, 1.54) is 0 Å². The van der Waals surface area contributed by atoms with Gasteiger partial charge in [-0.1, -0.05) is 28.1 Å². The molecule has 1 N–H and O–H groups in total. The zero-order chi connectivity index (χ0) is 15.1. The van der Waals surface area contributed by atoms with Gasteiger partial charge < -0.3 is 4.74 Å². The Labute approximate surface area is 134 Å². The number of benzene rings is 1. The quantitative estimate of drug-likeness (QED) is 0.734. The van der Waals surface area contributed by atoms with E-state index in [2.05, 4.69) is 25.6 Å². The molecule has 7 heteroatoms. The number of hydrogen-bond donors (Lipinski definition) is 1. The maximum atomic E-state index is 12.0. The molecular weight excluding hydrogens is 356 g/mol. The minimum atomic E-state index is -3.26. The molecule has 1 aliphatic heterocycles. The largest absolute Gasteiger partial charge is 0.379 e. The van der Waals surface area contributed by atoms with Crippen LogP contribution in [0.3, 0.4) is 0 Å². The lowest BCUT2D eigenvalue weighted by Gasteiger charge is -2.26. The van der Waals surface area contributed by atoms with E-state index in [0.29, 0.717) is 6.54 Å². The van der Waals surface area contributed by atoms with Crippen LogP contribution in [0.15, 0.2) is 28.7 Å². The topological polar surface area (TPSA) is 58.6 Å². The Morgan fingerprint density at radius 1 is 1.19 bits per heavy atom. The summed E-state index contributed by atoms with van der Waals surface area (Å²) >= 11 is 3.34. The van der Waals surface area contributed by atoms with Gasteiger partial charge in [0.15, 0.2) is 0 Å². The predicted molar refractivity (Wildman–Crippen MR) is 86.6 cm³/mol. The molecule has 1 fully saturated rings. The smallest absolute Gasteiger partial charge is 0.215 e. The molecule has 0 atom stereocenters. The van der Waals surface area contributed by atoms with Crippen molar-refractivity contribution >= 4 is 26.0 Å². The average Bonchev–Trinajstić information content (AvgIpc) is 2.47. The van der Waals surface area contributed by atoms with Crippen molar-refractivity contribution in [1.29, 1.82) is 0 Å². The van der Waals surface area contributed by atoms with Crippen molar-refractivity contribution in [3.8, 4) is 0 Å². The minimum Gasteiger partial charge on any atom is -0.379 e. The summed E-state index contributed by atoms with van der Waals surface area (Å²) < 4.78 is 32.8. The molecule has 0 aromatic heterocycles. The lowest BCUT2D eigenvalue weighted by molar-refractivity contribution is 0.0376. The molecule has 21 heavy (non-hydrogen) atoms. The minimum absolute atomic E-state index is 0.0256. The fraction of sp³-hybridized carbons (Fsp3) is 0.571. The van der Waals surface area contributed by atoms with E-state index in [9.17, 15) is 8.42 Å². The first-order chi connectivity index (χ1) is 10.1. The van der Waals surface area contributed by atoms with Crippen LogP contribution in [-0.2, 0) is 20.5 Å². The lowest BCUT2D eigenvalue weighted by Crippen LogP contribution is -2.38. The van der Waals surface area contributed by atoms with E-state index in [1.54, 1.807) is 0 Å². The average molecular weight is 377 g/mol. The van der Waals surface area contributed by atoms with Crippen molar-refractivity contribution in [3.05, 3.63) is 34.3 Å². The van der Waals surface area contributed by atoms with Crippen molar-refractivity contribution in [3.63, 3.8) is 0 Å². The van der Waals surface area contributed by atoms with Gasteiger partial charge in [0.1, 0.15) is 0 Å². The number of morpholine rings is 1. The van der Waals surface area contributed by atoms with Gasteiger partial charge in [-0.05, 0) is 30.7 Å². The first-order valence-electron chi connectivity index (χ1n) is 7.07. The molecule has 1 saturated heterocycles. The summed E-state index contributed by atoms with van der Waals surface area (Å²) in [5, 5.41) is 0. The summed E-state index contributed by atoms with van der Waals surface area (Å²) in [5.74, 6) is 0.0256. The van der Waals surface area contributed by atoms with Crippen molar-refractivity contribution in [2.45, 2.75) is 12.2 Å². The number of rotatable bonds is 7. The first kappa shape index (κ1) is 16.9. The summed E-state index contributed by atoms with van der Waals surface area (Å²) in [6.45, 7) is 4.81. The molecule has 0 saturated carbocycles. The van der Waals surface area contributed by atoms with Crippen LogP contribution in [0.5, 0.6) is 0 Å². The Bertz CT molecular complexity index is 528. The molecule has 1 aromatic carbocycles. The van der Waals surface area contributed by atoms with Gasteiger partial charge >= 0.3 is 0 Å². The lowest BCUT2D eigenvalue weighted by atomic mass is 10.2. The monoisotopic (exact) mass is 376 g/mol. The fourth-order valence-corrected chi connectivity index (χ4v) is 3.66. The van der Waals surface area contributed by atoms with E-state index < -0.39 is 10.0 Å². The summed E-state index contributed by atoms with van der Waals surface area (Å²) in [4.78, 5) is 2.30. The van der Waals surface area contributed by atoms with Crippen molar-refractivity contribution in [1.82, 2.24) is 9.62 Å². The normalized spacial score (nSPS) is 17.0. The highest BCUT2D eigenvalue weighted by molar-refractivity contribution is 9.10. The second kappa shape index (κ2) is 8.24. The van der Waals surface area contributed by atoms with Crippen LogP contribution in [0.2, 0.25) is 0 Å². The van der Waals surface area contributed by atoms with Crippen LogP contribution in [0.25, 0.3) is 0 Å². The van der Waals surface area contributed by atoms with Crippen molar-refractivity contribution in [2.24, 2.45) is 0 Å². The molecule has 0 aliphatic carbocycles. The highest BCUT2D eigenvalue weighted by Crippen LogP contribution is 2.12. The van der Waals surface area contributed by atoms with Crippen LogP contribution in [0.1, 0.15) is 12.0 Å². The Morgan fingerprint density at radius 2 is 1.86 bits per heavy atom. The number of nitrogens with zero attached hydrogens (tertiary/aromatic N) is 1. The highest BCUT2D eigenvalue weighted by Gasteiger charge is 2.12. The molecular formula is C14H21BrN2O3S. The van der Waals surface area contributed by atoms with Crippen LogP contribution in [0.4, 0.5) is 0 Å². The number of hydrogen-bond acceptors (Lipinski definition) is 4. The molecule has 118 valence electrons. The van der Waals surface area contributed by atoms with Crippen molar-refractivity contribution < 1.29 is 13.2 Å². The van der Waals surface area contributed by atoms with E-state index >= 15 is 0 Å². The third-order valence-electron chi connectivity index (χ3n) is 3.35. The zero-order valence-corrected chi connectivity index (χ0v) is 14.3. The van der Waals surface area contributed by atoms with Crippen LogP contribution >= 0.6 is 15.9 Å². The van der Waals surface area contributed by atoms with Gasteiger partial charge in [-0.25, -0.2) is 13.1 Å². The SMILES string of the molecule is O=S(=O)(Cc1ccc(Br)cc1)NCCCN1CCOCC1. The molecule has 0 bridgehead atoms. The molecule has 2 rings (SSSR count). The van der Waals surface area contributed by atoms with Crippen LogP contribution < -0.4 is 4.72 Å². The van der Waals surface area contributed by atoms with Gasteiger partial charge in [0.25, 0.3) is 0 Å². The Morgan fingerprint density at radius 3 is 2.52 bits per heavy atom. The number of sulfonamides is 1. The summed E-state index contributed by atoms with van der Waals surface area (Å²) in [5.41, 5.74) is 0.791. The van der Waals surface area contributed by atoms with E-state index in [4.69, 9.17) is 4.74 Å². The fourth-order valence-electron chi connectivity index (χ4n) is 2.21. The second-order valence-corrected chi connectivity index (χ2v) is 7.81. The molecule has 0 unspecified atom stereocenters. The number of nitrogens with one attached hydrogen (secondary N) is 1. The Kier molecular flexibility index (Phi) is 6.63. The summed E-state index contributed by atoms with van der Waals surface area (Å²) in [6.07, 6.45) is 0.819. The molecule has 1 aliphatic rings. The standard InChI is InChI=1S/C14H21BrN2O3S/c15-14-4-2-13(3-5-14)12-21(18,19)16-6-1-7-17-8-10-20-11-9-17/h2-5,16H,1,6-12H2. The summed E-state index contributed by atoms with van der Waals surface area (Å²) in [6, 6.07) is 7.33. The third-order valence-corrected chi connectivity index (χ3v) is 5.23. The Hall–Kier alpha value is -0.470. The maximum absolute atomic E-state index is 12.0. The summed E-state index contributed by atoms with van der Waals surface area (Å²) in [7, 11) is -3.26. The molecule has 0 radical (unpaired) electrons. The molecule has 0 spiro atoms. The zero-order valence-electron chi connectivity index (χ0n) is 11.9. The van der Waals surface area contributed by atoms with Gasteiger partial charge in [0.2, 0.25) is 10.0 Å². The third kappa shape index (κ3) is 6.44.